The van der Waals surface area contributed by atoms with Gasteiger partial charge in [-0.2, -0.15) is 5.10 Å². The largest absolute Gasteiger partial charge is 0.328 e. The number of aromatic nitrogens is 4. The van der Waals surface area contributed by atoms with Crippen LogP contribution in [0.25, 0.3) is 11.2 Å². The van der Waals surface area contributed by atoms with E-state index >= 15 is 0 Å². The number of imidazole rings is 1. The summed E-state index contributed by atoms with van der Waals surface area (Å²) in [7, 11) is 1.89. The minimum absolute atomic E-state index is 0.174. The number of aryl methyl sites for hydroxylation is 4. The highest BCUT2D eigenvalue weighted by atomic mass is 32.1. The van der Waals surface area contributed by atoms with Gasteiger partial charge in [-0.3, -0.25) is 4.68 Å². The first kappa shape index (κ1) is 13.1. The molecule has 0 aliphatic heterocycles. The van der Waals surface area contributed by atoms with Crippen LogP contribution < -0.4 is 0 Å². The molecular formula is C14H15FN4S. The summed E-state index contributed by atoms with van der Waals surface area (Å²) in [5.41, 5.74) is 3.51. The van der Waals surface area contributed by atoms with Gasteiger partial charge in [0.1, 0.15) is 11.3 Å². The Bertz CT molecular complexity index is 827. The number of hydrogen-bond donors (Lipinski definition) is 1. The van der Waals surface area contributed by atoms with Crippen molar-refractivity contribution in [2.75, 3.05) is 0 Å². The summed E-state index contributed by atoms with van der Waals surface area (Å²) in [6, 6.07) is 6.83. The third-order valence-corrected chi connectivity index (χ3v) is 3.81. The molecule has 3 aromatic rings. The lowest BCUT2D eigenvalue weighted by atomic mass is 10.1. The third kappa shape index (κ3) is 2.06. The molecule has 0 spiro atoms. The van der Waals surface area contributed by atoms with Gasteiger partial charge < -0.3 is 9.55 Å². The van der Waals surface area contributed by atoms with Gasteiger partial charge in [-0.15, -0.1) is 0 Å². The molecule has 0 atom stereocenters. The molecule has 0 radical (unpaired) electrons. The molecule has 1 N–H and O–H groups in total. The quantitative estimate of drug-likeness (QED) is 0.753. The topological polar surface area (TPSA) is 38.5 Å². The highest BCUT2D eigenvalue weighted by molar-refractivity contribution is 7.71. The summed E-state index contributed by atoms with van der Waals surface area (Å²) in [5, 5.41) is 4.37. The molecule has 0 aliphatic carbocycles. The molecule has 0 fully saturated rings. The molecule has 104 valence electrons. The van der Waals surface area contributed by atoms with Gasteiger partial charge in [0.15, 0.2) is 10.4 Å². The Morgan fingerprint density at radius 2 is 2.10 bits per heavy atom. The van der Waals surface area contributed by atoms with E-state index in [-0.39, 0.29) is 5.82 Å². The van der Waals surface area contributed by atoms with E-state index in [9.17, 15) is 4.39 Å². The zero-order valence-corrected chi connectivity index (χ0v) is 12.2. The van der Waals surface area contributed by atoms with E-state index in [0.29, 0.717) is 23.3 Å². The summed E-state index contributed by atoms with van der Waals surface area (Å²) in [6.45, 7) is 2.56. The van der Waals surface area contributed by atoms with Crippen LogP contribution >= 0.6 is 12.2 Å². The maximum atomic E-state index is 13.7. The van der Waals surface area contributed by atoms with Crippen molar-refractivity contribution >= 4 is 23.4 Å². The number of aromatic amines is 1. The maximum absolute atomic E-state index is 13.7. The number of hydrogen-bond acceptors (Lipinski definition) is 2. The fourth-order valence-corrected chi connectivity index (χ4v) is 2.79. The predicted octanol–water partition coefficient (Wildman–Crippen LogP) is 3.12. The first-order chi connectivity index (χ1) is 9.58. The Labute approximate surface area is 120 Å². The predicted molar refractivity (Wildman–Crippen MR) is 78.7 cm³/mol. The lowest BCUT2D eigenvalue weighted by Gasteiger charge is -2.06. The van der Waals surface area contributed by atoms with Crippen molar-refractivity contribution in [3.8, 4) is 0 Å². The van der Waals surface area contributed by atoms with E-state index in [2.05, 4.69) is 10.1 Å². The van der Waals surface area contributed by atoms with E-state index < -0.39 is 0 Å². The minimum atomic E-state index is -0.174. The monoisotopic (exact) mass is 290 g/mol. The Balaban J connectivity index is 1.97. The van der Waals surface area contributed by atoms with Gasteiger partial charge in [0.25, 0.3) is 0 Å². The van der Waals surface area contributed by atoms with E-state index in [0.717, 1.165) is 16.9 Å². The van der Waals surface area contributed by atoms with Crippen LogP contribution in [0.3, 0.4) is 0 Å². The van der Waals surface area contributed by atoms with Crippen molar-refractivity contribution in [2.24, 2.45) is 7.05 Å². The molecule has 6 heteroatoms. The Kier molecular flexibility index (Phi) is 3.17. The first-order valence-corrected chi connectivity index (χ1v) is 6.84. The van der Waals surface area contributed by atoms with Crippen molar-refractivity contribution in [1.29, 1.82) is 0 Å². The van der Waals surface area contributed by atoms with E-state index in [4.69, 9.17) is 12.2 Å². The molecule has 1 aromatic carbocycles. The fourth-order valence-electron chi connectivity index (χ4n) is 2.51. The van der Waals surface area contributed by atoms with Gasteiger partial charge in [-0.05, 0) is 37.2 Å². The van der Waals surface area contributed by atoms with Crippen LogP contribution in [0.15, 0.2) is 24.3 Å². The Morgan fingerprint density at radius 1 is 1.35 bits per heavy atom. The summed E-state index contributed by atoms with van der Waals surface area (Å²) < 4.78 is 18.1. The molecule has 0 unspecified atom stereocenters. The molecule has 2 aromatic heterocycles. The molecule has 0 amide bonds. The molecule has 4 nitrogen and oxygen atoms in total. The zero-order valence-electron chi connectivity index (χ0n) is 11.4. The smallest absolute Gasteiger partial charge is 0.179 e. The van der Waals surface area contributed by atoms with Crippen LogP contribution in [0.5, 0.6) is 0 Å². The van der Waals surface area contributed by atoms with E-state index in [1.165, 1.54) is 6.07 Å². The highest BCUT2D eigenvalue weighted by Crippen LogP contribution is 2.18. The van der Waals surface area contributed by atoms with Crippen LogP contribution in [0.4, 0.5) is 4.39 Å². The van der Waals surface area contributed by atoms with Gasteiger partial charge in [0, 0.05) is 13.6 Å². The average Bonchev–Trinajstić information content (AvgIpc) is 2.87. The molecule has 20 heavy (non-hydrogen) atoms. The molecular weight excluding hydrogens is 275 g/mol. The van der Waals surface area contributed by atoms with Crippen LogP contribution in [-0.2, 0) is 20.0 Å². The van der Waals surface area contributed by atoms with Gasteiger partial charge in [-0.25, -0.2) is 4.39 Å². The van der Waals surface area contributed by atoms with Crippen LogP contribution in [0.1, 0.15) is 11.3 Å². The van der Waals surface area contributed by atoms with Gasteiger partial charge >= 0.3 is 0 Å². The maximum Gasteiger partial charge on any atom is 0.179 e. The number of halogens is 1. The standard InChI is InChI=1S/C14H15FN4S/c1-9-12-13(18(2)17-9)19(14(20)16-12)8-7-10-5-3-4-6-11(10)15/h3-6H,7-8H2,1-2H3,(H,16,20). The van der Waals surface area contributed by atoms with Crippen molar-refractivity contribution in [3.63, 3.8) is 0 Å². The van der Waals surface area contributed by atoms with Crippen LogP contribution in [0.2, 0.25) is 0 Å². The van der Waals surface area contributed by atoms with Crippen LogP contribution in [-0.4, -0.2) is 19.3 Å². The molecule has 0 aliphatic rings. The lowest BCUT2D eigenvalue weighted by Crippen LogP contribution is -2.06. The SMILES string of the molecule is Cc1nn(C)c2c1[nH]c(=S)n2CCc1ccccc1F. The summed E-state index contributed by atoms with van der Waals surface area (Å²) >= 11 is 5.35. The Morgan fingerprint density at radius 3 is 2.85 bits per heavy atom. The molecule has 3 rings (SSSR count). The van der Waals surface area contributed by atoms with Gasteiger partial charge in [0.2, 0.25) is 0 Å². The lowest BCUT2D eigenvalue weighted by molar-refractivity contribution is 0.591. The summed E-state index contributed by atoms with van der Waals surface area (Å²) in [4.78, 5) is 3.17. The number of H-pyrrole nitrogens is 1. The van der Waals surface area contributed by atoms with Gasteiger partial charge in [0.05, 0.1) is 5.69 Å². The van der Waals surface area contributed by atoms with Crippen molar-refractivity contribution in [3.05, 3.63) is 46.1 Å². The fraction of sp³-hybridized carbons (Fsp3) is 0.286. The second-order valence-corrected chi connectivity index (χ2v) is 5.22. The number of fused-ring (bicyclic) bond motifs is 1. The molecule has 0 bridgehead atoms. The first-order valence-electron chi connectivity index (χ1n) is 6.43. The number of nitrogens with one attached hydrogen (secondary N) is 1. The molecule has 0 saturated carbocycles. The molecule has 2 heterocycles. The summed E-state index contributed by atoms with van der Waals surface area (Å²) in [5.74, 6) is -0.174. The minimum Gasteiger partial charge on any atom is -0.328 e. The second-order valence-electron chi connectivity index (χ2n) is 4.83. The van der Waals surface area contributed by atoms with Crippen molar-refractivity contribution in [2.45, 2.75) is 19.9 Å². The third-order valence-electron chi connectivity index (χ3n) is 3.49. The van der Waals surface area contributed by atoms with Crippen molar-refractivity contribution in [1.82, 2.24) is 19.3 Å². The highest BCUT2D eigenvalue weighted by Gasteiger charge is 2.12. The van der Waals surface area contributed by atoms with E-state index in [1.54, 1.807) is 16.8 Å². The Hall–Kier alpha value is -1.95. The normalized spacial score (nSPS) is 11.3. The van der Waals surface area contributed by atoms with Crippen molar-refractivity contribution < 1.29 is 4.39 Å². The number of nitrogens with zero attached hydrogens (tertiary/aromatic N) is 3. The number of benzene rings is 1. The van der Waals surface area contributed by atoms with Gasteiger partial charge in [-0.1, -0.05) is 18.2 Å². The summed E-state index contributed by atoms with van der Waals surface area (Å²) in [6.07, 6.45) is 0.595. The average molecular weight is 290 g/mol. The van der Waals surface area contributed by atoms with Crippen LogP contribution in [0, 0.1) is 17.5 Å². The number of rotatable bonds is 3. The zero-order chi connectivity index (χ0) is 14.3. The van der Waals surface area contributed by atoms with E-state index in [1.807, 2.05) is 24.6 Å². The molecule has 0 saturated heterocycles. The second kappa shape index (κ2) is 4.86.